The number of ether oxygens (including phenoxy) is 1. The highest BCUT2D eigenvalue weighted by Gasteiger charge is 2.25. The summed E-state index contributed by atoms with van der Waals surface area (Å²) in [7, 11) is 0. The summed E-state index contributed by atoms with van der Waals surface area (Å²) in [6.07, 6.45) is 3.40. The van der Waals surface area contributed by atoms with Crippen LogP contribution in [0.2, 0.25) is 0 Å². The van der Waals surface area contributed by atoms with E-state index in [1.807, 2.05) is 0 Å². The maximum atomic E-state index is 10.2. The van der Waals surface area contributed by atoms with Gasteiger partial charge in [0.15, 0.2) is 0 Å². The first kappa shape index (κ1) is 10.1. The molecule has 1 aliphatic carbocycles. The molecular weight excluding hydrogens is 200 g/mol. The Bertz CT molecular complexity index is 346. The van der Waals surface area contributed by atoms with Crippen molar-refractivity contribution >= 4 is 5.97 Å². The number of hydrogen-bond donors (Lipinski definition) is 1. The van der Waals surface area contributed by atoms with Crippen LogP contribution in [0.4, 0.5) is 0 Å². The number of aliphatic carboxylic acids is 1. The van der Waals surface area contributed by atoms with E-state index in [4.69, 9.17) is 14.3 Å². The molecule has 1 N–H and O–H groups in total. The monoisotopic (exact) mass is 212 g/mol. The SMILES string of the molecule is O=C(O)COCc1nnc(C2CCC2)o1. The number of carboxylic acids is 1. The summed E-state index contributed by atoms with van der Waals surface area (Å²) in [5.74, 6) is 0.382. The van der Waals surface area contributed by atoms with Crippen LogP contribution in [0, 0.1) is 0 Å². The van der Waals surface area contributed by atoms with Crippen LogP contribution in [0.5, 0.6) is 0 Å². The summed E-state index contributed by atoms with van der Waals surface area (Å²) >= 11 is 0. The lowest BCUT2D eigenvalue weighted by atomic mass is 9.85. The van der Waals surface area contributed by atoms with Gasteiger partial charge in [-0.05, 0) is 12.8 Å². The van der Waals surface area contributed by atoms with Crippen LogP contribution in [-0.2, 0) is 16.1 Å². The molecule has 82 valence electrons. The third kappa shape index (κ3) is 2.53. The van der Waals surface area contributed by atoms with Gasteiger partial charge in [-0.1, -0.05) is 6.42 Å². The predicted molar refractivity (Wildman–Crippen MR) is 48.2 cm³/mol. The second kappa shape index (κ2) is 4.39. The number of nitrogens with zero attached hydrogens (tertiary/aromatic N) is 2. The fourth-order valence-electron chi connectivity index (χ4n) is 1.37. The fourth-order valence-corrected chi connectivity index (χ4v) is 1.37. The summed E-state index contributed by atoms with van der Waals surface area (Å²) in [5, 5.41) is 16.0. The standard InChI is InChI=1S/C9H12N2O4/c12-8(13)5-14-4-7-10-11-9(15-7)6-2-1-3-6/h6H,1-5H2,(H,12,13). The number of carbonyl (C=O) groups is 1. The average molecular weight is 212 g/mol. The minimum absolute atomic E-state index is 0.0615. The molecule has 0 radical (unpaired) electrons. The summed E-state index contributed by atoms with van der Waals surface area (Å²) in [6, 6.07) is 0. The van der Waals surface area contributed by atoms with Gasteiger partial charge in [0.2, 0.25) is 11.8 Å². The summed E-state index contributed by atoms with van der Waals surface area (Å²) in [4.78, 5) is 10.2. The van der Waals surface area contributed by atoms with E-state index in [1.54, 1.807) is 0 Å². The van der Waals surface area contributed by atoms with Crippen molar-refractivity contribution in [1.82, 2.24) is 10.2 Å². The molecule has 0 amide bonds. The van der Waals surface area contributed by atoms with Gasteiger partial charge in [-0.15, -0.1) is 10.2 Å². The molecule has 6 heteroatoms. The first-order valence-electron chi connectivity index (χ1n) is 4.87. The van der Waals surface area contributed by atoms with E-state index < -0.39 is 5.97 Å². The zero-order chi connectivity index (χ0) is 10.7. The molecule has 15 heavy (non-hydrogen) atoms. The Hall–Kier alpha value is -1.43. The molecule has 1 heterocycles. The van der Waals surface area contributed by atoms with Crippen molar-refractivity contribution in [2.75, 3.05) is 6.61 Å². The number of aromatic nitrogens is 2. The first-order chi connectivity index (χ1) is 7.25. The number of rotatable bonds is 5. The molecule has 1 aromatic heterocycles. The summed E-state index contributed by atoms with van der Waals surface area (Å²) < 4.78 is 10.2. The lowest BCUT2D eigenvalue weighted by molar-refractivity contribution is -0.142. The van der Waals surface area contributed by atoms with Gasteiger partial charge < -0.3 is 14.3 Å². The first-order valence-corrected chi connectivity index (χ1v) is 4.87. The zero-order valence-corrected chi connectivity index (χ0v) is 8.18. The molecule has 2 rings (SSSR count). The molecule has 1 aromatic rings. The van der Waals surface area contributed by atoms with Gasteiger partial charge in [0.05, 0.1) is 0 Å². The average Bonchev–Trinajstić information content (AvgIpc) is 2.49. The molecule has 1 fully saturated rings. The van der Waals surface area contributed by atoms with E-state index in [0.29, 0.717) is 17.7 Å². The van der Waals surface area contributed by atoms with Crippen LogP contribution in [0.25, 0.3) is 0 Å². The molecule has 0 aromatic carbocycles. The second-order valence-electron chi connectivity index (χ2n) is 3.55. The minimum Gasteiger partial charge on any atom is -0.480 e. The Morgan fingerprint density at radius 2 is 2.33 bits per heavy atom. The zero-order valence-electron chi connectivity index (χ0n) is 8.18. The van der Waals surface area contributed by atoms with E-state index in [0.717, 1.165) is 12.8 Å². The topological polar surface area (TPSA) is 85.5 Å². The van der Waals surface area contributed by atoms with Crippen molar-refractivity contribution in [1.29, 1.82) is 0 Å². The molecule has 0 bridgehead atoms. The largest absolute Gasteiger partial charge is 0.480 e. The van der Waals surface area contributed by atoms with Crippen LogP contribution >= 0.6 is 0 Å². The predicted octanol–water partition coefficient (Wildman–Crippen LogP) is 0.938. The van der Waals surface area contributed by atoms with Gasteiger partial charge in [-0.25, -0.2) is 4.79 Å². The van der Waals surface area contributed by atoms with Gasteiger partial charge in [0, 0.05) is 5.92 Å². The number of hydrogen-bond acceptors (Lipinski definition) is 5. The van der Waals surface area contributed by atoms with Crippen molar-refractivity contribution in [3.8, 4) is 0 Å². The smallest absolute Gasteiger partial charge is 0.329 e. The molecular formula is C9H12N2O4. The Morgan fingerprint density at radius 1 is 1.53 bits per heavy atom. The van der Waals surface area contributed by atoms with Crippen molar-refractivity contribution in [2.24, 2.45) is 0 Å². The molecule has 1 aliphatic rings. The van der Waals surface area contributed by atoms with E-state index >= 15 is 0 Å². The van der Waals surface area contributed by atoms with Crippen LogP contribution in [0.15, 0.2) is 4.42 Å². The van der Waals surface area contributed by atoms with Crippen molar-refractivity contribution < 1.29 is 19.1 Å². The molecule has 0 spiro atoms. The third-order valence-corrected chi connectivity index (χ3v) is 2.39. The van der Waals surface area contributed by atoms with Crippen LogP contribution in [0.3, 0.4) is 0 Å². The maximum absolute atomic E-state index is 10.2. The van der Waals surface area contributed by atoms with Gasteiger partial charge in [0.25, 0.3) is 0 Å². The van der Waals surface area contributed by atoms with Crippen LogP contribution in [0.1, 0.15) is 37.0 Å². The third-order valence-electron chi connectivity index (χ3n) is 2.39. The Labute approximate surface area is 86.3 Å². The normalized spacial score (nSPS) is 16.3. The summed E-state index contributed by atoms with van der Waals surface area (Å²) in [5.41, 5.74) is 0. The van der Waals surface area contributed by atoms with E-state index in [9.17, 15) is 4.79 Å². The molecule has 0 aliphatic heterocycles. The van der Waals surface area contributed by atoms with E-state index in [2.05, 4.69) is 10.2 Å². The fraction of sp³-hybridized carbons (Fsp3) is 0.667. The minimum atomic E-state index is -1.01. The molecule has 0 saturated heterocycles. The quantitative estimate of drug-likeness (QED) is 0.781. The van der Waals surface area contributed by atoms with E-state index in [-0.39, 0.29) is 13.2 Å². The summed E-state index contributed by atoms with van der Waals surface area (Å²) in [6.45, 7) is -0.285. The van der Waals surface area contributed by atoms with Gasteiger partial charge >= 0.3 is 5.97 Å². The van der Waals surface area contributed by atoms with Crippen LogP contribution in [-0.4, -0.2) is 27.9 Å². The lowest BCUT2D eigenvalue weighted by Gasteiger charge is -2.20. The van der Waals surface area contributed by atoms with Crippen LogP contribution < -0.4 is 0 Å². The van der Waals surface area contributed by atoms with Crippen molar-refractivity contribution in [3.05, 3.63) is 11.8 Å². The molecule has 6 nitrogen and oxygen atoms in total. The number of carboxylic acid groups (broad SMARTS) is 1. The lowest BCUT2D eigenvalue weighted by Crippen LogP contribution is -2.08. The highest BCUT2D eigenvalue weighted by molar-refractivity contribution is 5.67. The van der Waals surface area contributed by atoms with Gasteiger partial charge in [-0.3, -0.25) is 0 Å². The van der Waals surface area contributed by atoms with Gasteiger partial charge in [0.1, 0.15) is 13.2 Å². The van der Waals surface area contributed by atoms with Gasteiger partial charge in [-0.2, -0.15) is 0 Å². The Morgan fingerprint density at radius 3 is 2.93 bits per heavy atom. The second-order valence-corrected chi connectivity index (χ2v) is 3.55. The molecule has 1 saturated carbocycles. The maximum Gasteiger partial charge on any atom is 0.329 e. The Balaban J connectivity index is 1.81. The molecule has 0 unspecified atom stereocenters. The van der Waals surface area contributed by atoms with Crippen molar-refractivity contribution in [2.45, 2.75) is 31.8 Å². The van der Waals surface area contributed by atoms with E-state index in [1.165, 1.54) is 6.42 Å². The van der Waals surface area contributed by atoms with Crippen molar-refractivity contribution in [3.63, 3.8) is 0 Å². The Kier molecular flexibility index (Phi) is 2.96. The molecule has 0 atom stereocenters. The highest BCUT2D eigenvalue weighted by Crippen LogP contribution is 2.35. The highest BCUT2D eigenvalue weighted by atomic mass is 16.5.